The van der Waals surface area contributed by atoms with Gasteiger partial charge in [-0.05, 0) is 0 Å². The van der Waals surface area contributed by atoms with E-state index in [-0.39, 0.29) is 26.1 Å². The first-order valence-electron chi connectivity index (χ1n) is 7.13. The van der Waals surface area contributed by atoms with Crippen LogP contribution in [0.1, 0.15) is 12.8 Å². The zero-order valence-electron chi connectivity index (χ0n) is 12.5. The number of aliphatic carboxylic acids is 2. The van der Waals surface area contributed by atoms with Crippen molar-refractivity contribution in [1.29, 1.82) is 0 Å². The summed E-state index contributed by atoms with van der Waals surface area (Å²) >= 11 is 0. The summed E-state index contributed by atoms with van der Waals surface area (Å²) in [5, 5.41) is 17.0. The van der Waals surface area contributed by atoms with E-state index in [4.69, 9.17) is 29.2 Å². The Morgan fingerprint density at radius 2 is 1.50 bits per heavy atom. The van der Waals surface area contributed by atoms with Crippen molar-refractivity contribution in [3.8, 4) is 0 Å². The molecule has 0 aromatic carbocycles. The van der Waals surface area contributed by atoms with E-state index in [0.29, 0.717) is 6.08 Å². The molecule has 2 aliphatic rings. The standard InChI is InChI=1S/C14H16O10/c15-9(16)1-3-11(19)23-7-5-21-14-8(6-22-13(7)14)24-12(20)4-2-10(17)18/h1,3,7-8,13-14H,2,4-6H2,(H,15,16)(H,17,18)/b3-1+/t7-,8+,13?,14?/m0/s1. The number of rotatable bonds is 7. The summed E-state index contributed by atoms with van der Waals surface area (Å²) in [4.78, 5) is 43.8. The first kappa shape index (κ1) is 17.9. The lowest BCUT2D eigenvalue weighted by atomic mass is 10.1. The predicted molar refractivity (Wildman–Crippen MR) is 72.9 cm³/mol. The molecule has 0 aromatic rings. The average molecular weight is 344 g/mol. The number of fused-ring (bicyclic) bond motifs is 1. The molecule has 0 amide bonds. The molecular weight excluding hydrogens is 328 g/mol. The average Bonchev–Trinajstić information content (AvgIpc) is 3.07. The lowest BCUT2D eigenvalue weighted by Crippen LogP contribution is -2.35. The number of hydrogen-bond acceptors (Lipinski definition) is 8. The predicted octanol–water partition coefficient (Wildman–Crippen LogP) is -0.887. The summed E-state index contributed by atoms with van der Waals surface area (Å²) < 4.78 is 21.0. The molecule has 2 unspecified atom stereocenters. The van der Waals surface area contributed by atoms with Crippen LogP contribution in [0.5, 0.6) is 0 Å². The Bertz CT molecular complexity index is 554. The molecule has 0 aromatic heterocycles. The molecule has 2 N–H and O–H groups in total. The number of carboxylic acid groups (broad SMARTS) is 2. The number of carbonyl (C=O) groups is 4. The molecule has 24 heavy (non-hydrogen) atoms. The van der Waals surface area contributed by atoms with Crippen LogP contribution in [0.4, 0.5) is 0 Å². The maximum atomic E-state index is 11.6. The summed E-state index contributed by atoms with van der Waals surface area (Å²) in [7, 11) is 0. The molecule has 2 aliphatic heterocycles. The van der Waals surface area contributed by atoms with E-state index in [2.05, 4.69) is 0 Å². The number of carbonyl (C=O) groups excluding carboxylic acids is 2. The van der Waals surface area contributed by atoms with Crippen LogP contribution in [-0.2, 0) is 38.1 Å². The van der Waals surface area contributed by atoms with E-state index in [9.17, 15) is 19.2 Å². The third-order valence-corrected chi connectivity index (χ3v) is 3.42. The molecule has 2 rings (SSSR count). The van der Waals surface area contributed by atoms with E-state index < -0.39 is 48.3 Å². The van der Waals surface area contributed by atoms with Crippen molar-refractivity contribution in [3.63, 3.8) is 0 Å². The van der Waals surface area contributed by atoms with Crippen molar-refractivity contribution in [2.24, 2.45) is 0 Å². The van der Waals surface area contributed by atoms with Crippen molar-refractivity contribution < 1.29 is 48.3 Å². The van der Waals surface area contributed by atoms with Gasteiger partial charge in [-0.15, -0.1) is 0 Å². The topological polar surface area (TPSA) is 146 Å². The Morgan fingerprint density at radius 3 is 2.04 bits per heavy atom. The van der Waals surface area contributed by atoms with Gasteiger partial charge in [0, 0.05) is 12.2 Å². The fourth-order valence-electron chi connectivity index (χ4n) is 2.40. The minimum absolute atomic E-state index is 0.0190. The highest BCUT2D eigenvalue weighted by Crippen LogP contribution is 2.30. The fourth-order valence-corrected chi connectivity index (χ4v) is 2.40. The molecule has 0 spiro atoms. The van der Waals surface area contributed by atoms with E-state index >= 15 is 0 Å². The van der Waals surface area contributed by atoms with Gasteiger partial charge in [0.15, 0.2) is 12.2 Å². The minimum Gasteiger partial charge on any atom is -0.481 e. The molecular formula is C14H16O10. The quantitative estimate of drug-likeness (QED) is 0.440. The normalized spacial score (nSPS) is 28.5. The van der Waals surface area contributed by atoms with Crippen LogP contribution in [0.3, 0.4) is 0 Å². The molecule has 4 atom stereocenters. The van der Waals surface area contributed by atoms with Crippen LogP contribution in [-0.4, -0.2) is 71.7 Å². The third-order valence-electron chi connectivity index (χ3n) is 3.42. The largest absolute Gasteiger partial charge is 0.481 e. The summed E-state index contributed by atoms with van der Waals surface area (Å²) in [5.74, 6) is -3.92. The van der Waals surface area contributed by atoms with Gasteiger partial charge in [0.05, 0.1) is 26.1 Å². The van der Waals surface area contributed by atoms with E-state index in [0.717, 1.165) is 6.08 Å². The van der Waals surface area contributed by atoms with Crippen molar-refractivity contribution in [3.05, 3.63) is 12.2 Å². The molecule has 0 aliphatic carbocycles. The van der Waals surface area contributed by atoms with Gasteiger partial charge < -0.3 is 29.2 Å². The van der Waals surface area contributed by atoms with Crippen LogP contribution in [0.25, 0.3) is 0 Å². The second kappa shape index (κ2) is 7.88. The summed E-state index contributed by atoms with van der Waals surface area (Å²) in [6.45, 7) is 0.0539. The highest BCUT2D eigenvalue weighted by atomic mass is 16.7. The van der Waals surface area contributed by atoms with Crippen LogP contribution in [0.2, 0.25) is 0 Å². The van der Waals surface area contributed by atoms with E-state index in [1.807, 2.05) is 0 Å². The van der Waals surface area contributed by atoms with Gasteiger partial charge in [-0.25, -0.2) is 9.59 Å². The van der Waals surface area contributed by atoms with Gasteiger partial charge in [0.2, 0.25) is 0 Å². The molecule has 10 nitrogen and oxygen atoms in total. The maximum absolute atomic E-state index is 11.6. The van der Waals surface area contributed by atoms with Gasteiger partial charge in [0.25, 0.3) is 0 Å². The number of ether oxygens (including phenoxy) is 4. The second-order valence-corrected chi connectivity index (χ2v) is 5.16. The Hall–Kier alpha value is -2.46. The van der Waals surface area contributed by atoms with Crippen LogP contribution < -0.4 is 0 Å². The van der Waals surface area contributed by atoms with Crippen LogP contribution >= 0.6 is 0 Å². The highest BCUT2D eigenvalue weighted by molar-refractivity contribution is 5.90. The van der Waals surface area contributed by atoms with Gasteiger partial charge >= 0.3 is 23.9 Å². The molecule has 2 heterocycles. The molecule has 2 saturated heterocycles. The first-order valence-corrected chi connectivity index (χ1v) is 7.13. The van der Waals surface area contributed by atoms with E-state index in [1.54, 1.807) is 0 Å². The summed E-state index contributed by atoms with van der Waals surface area (Å²) in [6.07, 6.45) is -1.89. The first-order chi connectivity index (χ1) is 11.4. The van der Waals surface area contributed by atoms with Gasteiger partial charge in [-0.2, -0.15) is 0 Å². The zero-order valence-corrected chi connectivity index (χ0v) is 12.5. The second-order valence-electron chi connectivity index (χ2n) is 5.16. The molecule has 2 fully saturated rings. The van der Waals surface area contributed by atoms with Gasteiger partial charge in [0.1, 0.15) is 12.2 Å². The lowest BCUT2D eigenvalue weighted by molar-refractivity contribution is -0.156. The molecule has 0 bridgehead atoms. The third kappa shape index (κ3) is 4.77. The summed E-state index contributed by atoms with van der Waals surface area (Å²) in [6, 6.07) is 0. The molecule has 132 valence electrons. The van der Waals surface area contributed by atoms with Crippen molar-refractivity contribution in [1.82, 2.24) is 0 Å². The van der Waals surface area contributed by atoms with Crippen molar-refractivity contribution in [2.75, 3.05) is 13.2 Å². The minimum atomic E-state index is -1.28. The Kier molecular flexibility index (Phi) is 5.88. The SMILES string of the molecule is O=C(O)/C=C/C(=O)O[C@H]1COC2C1OC[C@H]2OC(=O)CCC(=O)O. The number of hydrogen-bond donors (Lipinski definition) is 2. The van der Waals surface area contributed by atoms with E-state index in [1.165, 1.54) is 0 Å². The Morgan fingerprint density at radius 1 is 0.917 bits per heavy atom. The maximum Gasteiger partial charge on any atom is 0.331 e. The lowest BCUT2D eigenvalue weighted by Gasteiger charge is -2.16. The van der Waals surface area contributed by atoms with Crippen LogP contribution in [0, 0.1) is 0 Å². The summed E-state index contributed by atoms with van der Waals surface area (Å²) in [5.41, 5.74) is 0. The smallest absolute Gasteiger partial charge is 0.331 e. The van der Waals surface area contributed by atoms with Crippen molar-refractivity contribution >= 4 is 23.9 Å². The molecule has 10 heteroatoms. The van der Waals surface area contributed by atoms with Gasteiger partial charge in [-0.1, -0.05) is 0 Å². The molecule has 0 radical (unpaired) electrons. The van der Waals surface area contributed by atoms with Crippen molar-refractivity contribution in [2.45, 2.75) is 37.3 Å². The monoisotopic (exact) mass is 344 g/mol. The number of carboxylic acids is 2. The van der Waals surface area contributed by atoms with Crippen LogP contribution in [0.15, 0.2) is 12.2 Å². The molecule has 0 saturated carbocycles. The highest BCUT2D eigenvalue weighted by Gasteiger charge is 2.51. The van der Waals surface area contributed by atoms with Gasteiger partial charge in [-0.3, -0.25) is 9.59 Å². The number of esters is 2. The Balaban J connectivity index is 1.83. The zero-order chi connectivity index (χ0) is 17.7. The fraction of sp³-hybridized carbons (Fsp3) is 0.571. The Labute approximate surface area is 135 Å².